The molecule has 1 aromatic carbocycles. The summed E-state index contributed by atoms with van der Waals surface area (Å²) in [5, 5.41) is 6.15. The lowest BCUT2D eigenvalue weighted by atomic mass is 10.2. The largest absolute Gasteiger partial charge is 0.387 e. The van der Waals surface area contributed by atoms with Crippen LogP contribution in [0.1, 0.15) is 5.56 Å². The number of aryl methyl sites for hydroxylation is 1. The average molecular weight is 231 g/mol. The van der Waals surface area contributed by atoms with Gasteiger partial charge in [-0.15, -0.1) is 0 Å². The maximum Gasteiger partial charge on any atom is 0.125 e. The molecule has 0 spiro atoms. The Morgan fingerprint density at radius 2 is 1.88 bits per heavy atom. The molecule has 0 amide bonds. The van der Waals surface area contributed by atoms with Crippen molar-refractivity contribution < 1.29 is 4.39 Å². The molecule has 2 N–H and O–H groups in total. The lowest BCUT2D eigenvalue weighted by Crippen LogP contribution is -1.96. The second kappa shape index (κ2) is 4.82. The predicted molar refractivity (Wildman–Crippen MR) is 68.2 cm³/mol. The standard InChI is InChI=1S/C13H14FN3/c1-9-3-4-10(14)5-13(9)17-12-6-11(15-2)7-16-8-12/h3-8,15,17H,1-2H3. The molecule has 0 fully saturated rings. The summed E-state index contributed by atoms with van der Waals surface area (Å²) in [5.41, 5.74) is 3.47. The molecular weight excluding hydrogens is 217 g/mol. The fraction of sp³-hybridized carbons (Fsp3) is 0.154. The highest BCUT2D eigenvalue weighted by atomic mass is 19.1. The van der Waals surface area contributed by atoms with Crippen LogP contribution in [0.5, 0.6) is 0 Å². The molecule has 0 saturated heterocycles. The first-order chi connectivity index (χ1) is 8.19. The molecule has 0 saturated carbocycles. The van der Waals surface area contributed by atoms with E-state index in [0.29, 0.717) is 0 Å². The van der Waals surface area contributed by atoms with Crippen LogP contribution in [0.15, 0.2) is 36.7 Å². The zero-order chi connectivity index (χ0) is 12.3. The zero-order valence-corrected chi connectivity index (χ0v) is 9.79. The second-order valence-corrected chi connectivity index (χ2v) is 3.80. The molecular formula is C13H14FN3. The van der Waals surface area contributed by atoms with Crippen LogP contribution in [0.2, 0.25) is 0 Å². The Labute approximate surface area is 99.7 Å². The number of nitrogens with one attached hydrogen (secondary N) is 2. The molecule has 1 heterocycles. The van der Waals surface area contributed by atoms with E-state index >= 15 is 0 Å². The maximum absolute atomic E-state index is 13.1. The topological polar surface area (TPSA) is 37.0 Å². The Bertz CT molecular complexity index is 526. The Kier molecular flexibility index (Phi) is 3.23. The summed E-state index contributed by atoms with van der Waals surface area (Å²) in [6, 6.07) is 6.58. The summed E-state index contributed by atoms with van der Waals surface area (Å²) >= 11 is 0. The zero-order valence-electron chi connectivity index (χ0n) is 9.79. The average Bonchev–Trinajstić information content (AvgIpc) is 2.34. The summed E-state index contributed by atoms with van der Waals surface area (Å²) in [6.45, 7) is 1.93. The fourth-order valence-electron chi connectivity index (χ4n) is 1.53. The third kappa shape index (κ3) is 2.72. The SMILES string of the molecule is CNc1cncc(Nc2cc(F)ccc2C)c1. The van der Waals surface area contributed by atoms with Gasteiger partial charge in [-0.05, 0) is 30.7 Å². The van der Waals surface area contributed by atoms with E-state index in [1.165, 1.54) is 12.1 Å². The molecule has 4 heteroatoms. The van der Waals surface area contributed by atoms with Gasteiger partial charge in [0, 0.05) is 12.7 Å². The molecule has 1 aromatic heterocycles. The van der Waals surface area contributed by atoms with Crippen LogP contribution in [0, 0.1) is 12.7 Å². The van der Waals surface area contributed by atoms with Crippen molar-refractivity contribution in [2.24, 2.45) is 0 Å². The Hall–Kier alpha value is -2.10. The van der Waals surface area contributed by atoms with Gasteiger partial charge in [-0.1, -0.05) is 6.07 Å². The molecule has 0 aliphatic heterocycles. The van der Waals surface area contributed by atoms with Gasteiger partial charge in [0.2, 0.25) is 0 Å². The minimum atomic E-state index is -0.254. The van der Waals surface area contributed by atoms with Gasteiger partial charge in [0.05, 0.1) is 23.8 Å². The van der Waals surface area contributed by atoms with E-state index in [0.717, 1.165) is 22.6 Å². The smallest absolute Gasteiger partial charge is 0.125 e. The summed E-state index contributed by atoms with van der Waals surface area (Å²) in [7, 11) is 1.83. The van der Waals surface area contributed by atoms with E-state index in [9.17, 15) is 4.39 Å². The minimum absolute atomic E-state index is 0.254. The van der Waals surface area contributed by atoms with Gasteiger partial charge in [0.25, 0.3) is 0 Å². The number of pyridine rings is 1. The maximum atomic E-state index is 13.1. The van der Waals surface area contributed by atoms with Crippen molar-refractivity contribution in [2.45, 2.75) is 6.92 Å². The first-order valence-corrected chi connectivity index (χ1v) is 5.35. The first kappa shape index (κ1) is 11.4. The van der Waals surface area contributed by atoms with Crippen molar-refractivity contribution in [3.63, 3.8) is 0 Å². The van der Waals surface area contributed by atoms with Gasteiger partial charge in [0.15, 0.2) is 0 Å². The van der Waals surface area contributed by atoms with Gasteiger partial charge in [-0.25, -0.2) is 4.39 Å². The highest BCUT2D eigenvalue weighted by molar-refractivity contribution is 5.65. The molecule has 17 heavy (non-hydrogen) atoms. The monoisotopic (exact) mass is 231 g/mol. The van der Waals surface area contributed by atoms with Gasteiger partial charge >= 0.3 is 0 Å². The molecule has 2 aromatic rings. The predicted octanol–water partition coefficient (Wildman–Crippen LogP) is 3.31. The summed E-state index contributed by atoms with van der Waals surface area (Å²) in [6.07, 6.45) is 3.43. The second-order valence-electron chi connectivity index (χ2n) is 3.80. The molecule has 0 radical (unpaired) electrons. The Morgan fingerprint density at radius 1 is 1.12 bits per heavy atom. The summed E-state index contributed by atoms with van der Waals surface area (Å²) < 4.78 is 13.1. The number of halogens is 1. The highest BCUT2D eigenvalue weighted by Gasteiger charge is 2.01. The number of anilines is 3. The van der Waals surface area contributed by atoms with Gasteiger partial charge < -0.3 is 10.6 Å². The van der Waals surface area contributed by atoms with Crippen molar-refractivity contribution in [1.82, 2.24) is 4.98 Å². The van der Waals surface area contributed by atoms with Crippen LogP contribution in [-0.2, 0) is 0 Å². The lowest BCUT2D eigenvalue weighted by molar-refractivity contribution is 0.628. The first-order valence-electron chi connectivity index (χ1n) is 5.35. The summed E-state index contributed by atoms with van der Waals surface area (Å²) in [4.78, 5) is 4.08. The Balaban J connectivity index is 2.27. The minimum Gasteiger partial charge on any atom is -0.387 e. The van der Waals surface area contributed by atoms with E-state index in [-0.39, 0.29) is 5.82 Å². The summed E-state index contributed by atoms with van der Waals surface area (Å²) in [5.74, 6) is -0.254. The lowest BCUT2D eigenvalue weighted by Gasteiger charge is -2.10. The van der Waals surface area contributed by atoms with E-state index in [4.69, 9.17) is 0 Å². The van der Waals surface area contributed by atoms with Crippen LogP contribution in [0.4, 0.5) is 21.5 Å². The van der Waals surface area contributed by atoms with Crippen molar-refractivity contribution in [3.05, 3.63) is 48.0 Å². The third-order valence-electron chi connectivity index (χ3n) is 2.51. The molecule has 0 unspecified atom stereocenters. The van der Waals surface area contributed by atoms with Crippen molar-refractivity contribution in [1.29, 1.82) is 0 Å². The van der Waals surface area contributed by atoms with E-state index in [2.05, 4.69) is 15.6 Å². The highest BCUT2D eigenvalue weighted by Crippen LogP contribution is 2.22. The quantitative estimate of drug-likeness (QED) is 0.850. The normalized spacial score (nSPS) is 10.1. The number of benzene rings is 1. The number of rotatable bonds is 3. The van der Waals surface area contributed by atoms with Crippen LogP contribution in [0.3, 0.4) is 0 Å². The molecule has 0 bridgehead atoms. The van der Waals surface area contributed by atoms with Gasteiger partial charge in [-0.3, -0.25) is 4.98 Å². The number of hydrogen-bond donors (Lipinski definition) is 2. The molecule has 88 valence electrons. The van der Waals surface area contributed by atoms with Crippen LogP contribution in [0.25, 0.3) is 0 Å². The van der Waals surface area contributed by atoms with Gasteiger partial charge in [0.1, 0.15) is 5.82 Å². The molecule has 0 aliphatic rings. The van der Waals surface area contributed by atoms with E-state index in [1.807, 2.05) is 20.0 Å². The van der Waals surface area contributed by atoms with Crippen molar-refractivity contribution in [3.8, 4) is 0 Å². The molecule has 3 nitrogen and oxygen atoms in total. The van der Waals surface area contributed by atoms with Crippen molar-refractivity contribution in [2.75, 3.05) is 17.7 Å². The Morgan fingerprint density at radius 3 is 2.65 bits per heavy atom. The van der Waals surface area contributed by atoms with E-state index in [1.54, 1.807) is 18.5 Å². The fourth-order valence-corrected chi connectivity index (χ4v) is 1.53. The number of hydrogen-bond acceptors (Lipinski definition) is 3. The molecule has 2 rings (SSSR count). The van der Waals surface area contributed by atoms with Gasteiger partial charge in [-0.2, -0.15) is 0 Å². The molecule has 0 atom stereocenters. The van der Waals surface area contributed by atoms with Crippen LogP contribution in [-0.4, -0.2) is 12.0 Å². The van der Waals surface area contributed by atoms with Crippen LogP contribution < -0.4 is 10.6 Å². The molecule has 0 aliphatic carbocycles. The number of nitrogens with zero attached hydrogens (tertiary/aromatic N) is 1. The van der Waals surface area contributed by atoms with E-state index < -0.39 is 0 Å². The third-order valence-corrected chi connectivity index (χ3v) is 2.51. The van der Waals surface area contributed by atoms with Crippen molar-refractivity contribution >= 4 is 17.1 Å². The van der Waals surface area contributed by atoms with Crippen LogP contribution >= 0.6 is 0 Å². The number of aromatic nitrogens is 1.